The highest BCUT2D eigenvalue weighted by atomic mass is 19.4. The molecule has 3 fully saturated rings. The molecule has 11 heteroatoms. The second-order valence-electron chi connectivity index (χ2n) is 10.7. The molecule has 1 saturated carbocycles. The lowest BCUT2D eigenvalue weighted by Crippen LogP contribution is -2.54. The highest BCUT2D eigenvalue weighted by molar-refractivity contribution is 5.78. The minimum absolute atomic E-state index is 0.195. The first-order valence-electron chi connectivity index (χ1n) is 11.7. The van der Waals surface area contributed by atoms with Gasteiger partial charge >= 0.3 is 12.3 Å². The maximum absolute atomic E-state index is 13.1. The highest BCUT2D eigenvalue weighted by Crippen LogP contribution is 2.51. The molecular weight excluding hydrogens is 477 g/mol. The molecule has 0 spiro atoms. The number of aryl methyl sites for hydroxylation is 1. The van der Waals surface area contributed by atoms with Crippen LogP contribution in [0.2, 0.25) is 0 Å². The van der Waals surface area contributed by atoms with Gasteiger partial charge < -0.3 is 24.5 Å². The average molecular weight is 505 g/mol. The van der Waals surface area contributed by atoms with Crippen LogP contribution < -0.4 is 5.32 Å². The normalized spacial score (nSPS) is 21.5. The molecule has 0 atom stereocenters. The third kappa shape index (κ3) is 4.31. The first kappa shape index (κ1) is 24.2. The van der Waals surface area contributed by atoms with Gasteiger partial charge in [0, 0.05) is 18.7 Å². The number of rotatable bonds is 4. The minimum atomic E-state index is -4.57. The number of pyridine rings is 1. The van der Waals surface area contributed by atoms with Crippen molar-refractivity contribution in [3.8, 4) is 17.0 Å². The fourth-order valence-electron chi connectivity index (χ4n) is 5.18. The first-order chi connectivity index (χ1) is 16.7. The fraction of sp³-hybridized carbons (Fsp3) is 0.480. The van der Waals surface area contributed by atoms with Gasteiger partial charge in [-0.15, -0.1) is 0 Å². The van der Waals surface area contributed by atoms with Crippen molar-refractivity contribution in [3.05, 3.63) is 35.4 Å². The summed E-state index contributed by atoms with van der Waals surface area (Å²) in [5, 5.41) is 13.5. The van der Waals surface area contributed by atoms with E-state index in [1.165, 1.54) is 6.92 Å². The summed E-state index contributed by atoms with van der Waals surface area (Å²) in [6.07, 6.45) is -3.16. The highest BCUT2D eigenvalue weighted by Gasteiger charge is 2.58. The lowest BCUT2D eigenvalue weighted by Gasteiger charge is -2.42. The standard InChI is InChI=1S/C25H27F3N4O4/c1-13-7-15(25(26,27)28)8-17(33)19(13)16-5-6-18-20(30-16)31-21(35-18)29-12-24-9-14(10-24)11-32(24)22(34)36-23(2,3)4/h5-8,14,33H,9-12H2,1-4H3,(H,29,30,31). The van der Waals surface area contributed by atoms with Gasteiger partial charge in [0.2, 0.25) is 5.65 Å². The lowest BCUT2D eigenvalue weighted by atomic mass is 9.73. The lowest BCUT2D eigenvalue weighted by molar-refractivity contribution is -0.137. The Kier molecular flexibility index (Phi) is 5.38. The number of nitrogens with zero attached hydrogens (tertiary/aromatic N) is 3. The van der Waals surface area contributed by atoms with Crippen LogP contribution in [0.3, 0.4) is 0 Å². The molecule has 0 unspecified atom stereocenters. The van der Waals surface area contributed by atoms with E-state index in [4.69, 9.17) is 9.15 Å². The molecular formula is C25H27F3N4O4. The third-order valence-corrected chi connectivity index (χ3v) is 6.68. The van der Waals surface area contributed by atoms with Crippen LogP contribution in [0.1, 0.15) is 44.7 Å². The summed E-state index contributed by atoms with van der Waals surface area (Å²) in [6.45, 7) is 8.08. The van der Waals surface area contributed by atoms with Gasteiger partial charge in [-0.3, -0.25) is 0 Å². The van der Waals surface area contributed by atoms with Gasteiger partial charge in [0.15, 0.2) is 5.58 Å². The monoisotopic (exact) mass is 504 g/mol. The Bertz CT molecular complexity index is 1320. The molecule has 6 rings (SSSR count). The van der Waals surface area contributed by atoms with Crippen molar-refractivity contribution in [2.45, 2.75) is 57.9 Å². The number of oxazole rings is 1. The molecule has 0 radical (unpaired) electrons. The molecule has 36 heavy (non-hydrogen) atoms. The van der Waals surface area contributed by atoms with Crippen molar-refractivity contribution in [2.24, 2.45) is 5.92 Å². The number of aromatic hydroxyl groups is 1. The van der Waals surface area contributed by atoms with Gasteiger partial charge in [0.25, 0.3) is 6.01 Å². The number of carbonyl (C=O) groups excluding carboxylic acids is 1. The van der Waals surface area contributed by atoms with Crippen molar-refractivity contribution < 1.29 is 32.2 Å². The molecule has 4 heterocycles. The van der Waals surface area contributed by atoms with Crippen LogP contribution in [-0.4, -0.2) is 50.3 Å². The second kappa shape index (κ2) is 8.01. The molecule has 1 aliphatic carbocycles. The van der Waals surface area contributed by atoms with Gasteiger partial charge in [-0.05, 0) is 76.3 Å². The summed E-state index contributed by atoms with van der Waals surface area (Å²) in [4.78, 5) is 23.3. The number of amides is 1. The van der Waals surface area contributed by atoms with Crippen molar-refractivity contribution in [2.75, 3.05) is 18.4 Å². The second-order valence-corrected chi connectivity index (χ2v) is 10.7. The number of fused-ring (bicyclic) bond motifs is 2. The number of aromatic nitrogens is 2. The first-order valence-corrected chi connectivity index (χ1v) is 11.7. The van der Waals surface area contributed by atoms with Crippen LogP contribution >= 0.6 is 0 Å². The summed E-state index contributed by atoms with van der Waals surface area (Å²) in [6, 6.07) is 5.04. The Morgan fingerprint density at radius 3 is 2.61 bits per heavy atom. The van der Waals surface area contributed by atoms with E-state index in [-0.39, 0.29) is 40.1 Å². The number of alkyl halides is 3. The molecule has 8 nitrogen and oxygen atoms in total. The summed E-state index contributed by atoms with van der Waals surface area (Å²) in [5.74, 6) is -0.0649. The Balaban J connectivity index is 1.35. The maximum atomic E-state index is 13.1. The Hall–Kier alpha value is -3.50. The number of halogens is 3. The van der Waals surface area contributed by atoms with Crippen molar-refractivity contribution in [1.82, 2.24) is 14.9 Å². The van der Waals surface area contributed by atoms with E-state index in [9.17, 15) is 23.1 Å². The van der Waals surface area contributed by atoms with E-state index in [1.807, 2.05) is 20.8 Å². The van der Waals surface area contributed by atoms with E-state index in [1.54, 1.807) is 17.0 Å². The van der Waals surface area contributed by atoms with Crippen LogP contribution in [0.15, 0.2) is 28.7 Å². The SMILES string of the molecule is Cc1cc(C(F)(F)F)cc(O)c1-c1ccc2oc(NCC34CC(CN3C(=O)OC(C)(C)C)C4)nc2n1. The van der Waals surface area contributed by atoms with E-state index in [2.05, 4.69) is 15.3 Å². The number of phenols is 1. The molecule has 1 amide bonds. The molecule has 3 aliphatic rings. The quantitative estimate of drug-likeness (QED) is 0.468. The van der Waals surface area contributed by atoms with E-state index >= 15 is 0 Å². The van der Waals surface area contributed by atoms with Gasteiger partial charge in [0.05, 0.1) is 16.8 Å². The summed E-state index contributed by atoms with van der Waals surface area (Å²) >= 11 is 0. The van der Waals surface area contributed by atoms with Gasteiger partial charge in [0.1, 0.15) is 11.4 Å². The van der Waals surface area contributed by atoms with Crippen LogP contribution in [-0.2, 0) is 10.9 Å². The number of ether oxygens (including phenoxy) is 1. The molecule has 1 aromatic carbocycles. The number of anilines is 1. The summed E-state index contributed by atoms with van der Waals surface area (Å²) in [5.41, 5.74) is -0.548. The van der Waals surface area contributed by atoms with Gasteiger partial charge in [-0.1, -0.05) is 0 Å². The zero-order valence-electron chi connectivity index (χ0n) is 20.4. The van der Waals surface area contributed by atoms with Crippen molar-refractivity contribution >= 4 is 23.3 Å². The number of hydrogen-bond acceptors (Lipinski definition) is 7. The Morgan fingerprint density at radius 2 is 1.97 bits per heavy atom. The maximum Gasteiger partial charge on any atom is 0.416 e. The topological polar surface area (TPSA) is 101 Å². The number of carbonyl (C=O) groups is 1. The molecule has 2 aliphatic heterocycles. The zero-order valence-corrected chi connectivity index (χ0v) is 20.4. The smallest absolute Gasteiger partial charge is 0.416 e. The van der Waals surface area contributed by atoms with Crippen molar-refractivity contribution in [3.63, 3.8) is 0 Å². The predicted molar refractivity (Wildman–Crippen MR) is 126 cm³/mol. The van der Waals surface area contributed by atoms with Crippen LogP contribution in [0.4, 0.5) is 24.0 Å². The summed E-state index contributed by atoms with van der Waals surface area (Å²) in [7, 11) is 0. The average Bonchev–Trinajstić information content (AvgIpc) is 3.40. The Morgan fingerprint density at radius 1 is 1.25 bits per heavy atom. The van der Waals surface area contributed by atoms with E-state index in [0.717, 1.165) is 18.9 Å². The fourth-order valence-corrected chi connectivity index (χ4v) is 5.18. The predicted octanol–water partition coefficient (Wildman–Crippen LogP) is 5.73. The Labute approximate surface area is 205 Å². The number of nitrogens with one attached hydrogen (secondary N) is 1. The largest absolute Gasteiger partial charge is 0.507 e. The van der Waals surface area contributed by atoms with Crippen LogP contribution in [0, 0.1) is 12.8 Å². The summed E-state index contributed by atoms with van der Waals surface area (Å²) < 4.78 is 50.5. The number of hydrogen-bond donors (Lipinski definition) is 2. The third-order valence-electron chi connectivity index (χ3n) is 6.68. The number of benzene rings is 1. The molecule has 2 N–H and O–H groups in total. The van der Waals surface area contributed by atoms with Crippen LogP contribution in [0.25, 0.3) is 22.5 Å². The molecule has 3 aromatic rings. The minimum Gasteiger partial charge on any atom is -0.507 e. The zero-order chi connectivity index (χ0) is 26.0. The van der Waals surface area contributed by atoms with Crippen molar-refractivity contribution in [1.29, 1.82) is 0 Å². The van der Waals surface area contributed by atoms with Crippen LogP contribution in [0.5, 0.6) is 5.75 Å². The molecule has 2 bridgehead atoms. The number of phenolic OH excluding ortho intramolecular Hbond substituents is 1. The molecule has 2 aromatic heterocycles. The van der Waals surface area contributed by atoms with E-state index in [0.29, 0.717) is 30.7 Å². The molecule has 2 saturated heterocycles. The molecule has 192 valence electrons. The van der Waals surface area contributed by atoms with E-state index < -0.39 is 23.1 Å². The van der Waals surface area contributed by atoms with Gasteiger partial charge in [-0.25, -0.2) is 9.78 Å². The van der Waals surface area contributed by atoms with Gasteiger partial charge in [-0.2, -0.15) is 18.2 Å².